The number of pyridine rings is 1. The Morgan fingerprint density at radius 2 is 1.64 bits per heavy atom. The monoisotopic (exact) mass is 397 g/mol. The van der Waals surface area contributed by atoms with Crippen LogP contribution in [0, 0.1) is 0 Å². The predicted molar refractivity (Wildman–Crippen MR) is 112 cm³/mol. The topological polar surface area (TPSA) is 105 Å². The molecular weight excluding hydrogens is 374 g/mol. The second kappa shape index (κ2) is 8.00. The van der Waals surface area contributed by atoms with Crippen LogP contribution in [-0.2, 0) is 23.0 Å². The Balaban J connectivity index is 2.00. The first-order valence-electron chi connectivity index (χ1n) is 8.89. The first-order valence-corrected chi connectivity index (χ1v) is 10.8. The highest BCUT2D eigenvalue weighted by Crippen LogP contribution is 2.36. The van der Waals surface area contributed by atoms with Crippen LogP contribution < -0.4 is 10.5 Å². The van der Waals surface area contributed by atoms with Gasteiger partial charge in [-0.15, -0.1) is 0 Å². The Hall–Kier alpha value is -2.90. The lowest BCUT2D eigenvalue weighted by atomic mass is 9.91. The van der Waals surface area contributed by atoms with Crippen molar-refractivity contribution in [2.45, 2.75) is 19.9 Å². The number of aromatic hydroxyl groups is 1. The maximum Gasteiger partial charge on any atom is 0.209 e. The Morgan fingerprint density at radius 1 is 1.04 bits per heavy atom. The van der Waals surface area contributed by atoms with E-state index in [0.29, 0.717) is 5.82 Å². The van der Waals surface area contributed by atoms with Gasteiger partial charge in [0.15, 0.2) is 0 Å². The van der Waals surface area contributed by atoms with Crippen molar-refractivity contribution >= 4 is 15.8 Å². The molecule has 0 bridgehead atoms. The van der Waals surface area contributed by atoms with Gasteiger partial charge in [0, 0.05) is 23.9 Å². The van der Waals surface area contributed by atoms with E-state index >= 15 is 0 Å². The number of sulfonamides is 1. The maximum atomic E-state index is 11.3. The Labute approximate surface area is 165 Å². The number of nitrogens with one attached hydrogen (secondary N) is 1. The number of nitrogen functional groups attached to an aromatic ring is 1. The second-order valence-electron chi connectivity index (χ2n) is 6.60. The fourth-order valence-electron chi connectivity index (χ4n) is 3.15. The van der Waals surface area contributed by atoms with Gasteiger partial charge in [0.1, 0.15) is 11.6 Å². The van der Waals surface area contributed by atoms with Crippen LogP contribution in [0.5, 0.6) is 5.75 Å². The molecule has 4 N–H and O–H groups in total. The lowest BCUT2D eigenvalue weighted by molar-refractivity contribution is 0.475. The number of phenols is 1. The van der Waals surface area contributed by atoms with Crippen LogP contribution in [0.2, 0.25) is 0 Å². The molecule has 0 saturated heterocycles. The zero-order chi connectivity index (χ0) is 20.3. The molecule has 146 valence electrons. The number of phenolic OH excluding ortho intramolecular Hbond substituents is 1. The summed E-state index contributed by atoms with van der Waals surface area (Å²) in [6.07, 6.45) is 3.66. The van der Waals surface area contributed by atoms with Crippen molar-refractivity contribution in [3.05, 3.63) is 65.9 Å². The fraction of sp³-hybridized carbons (Fsp3) is 0.190. The Bertz CT molecular complexity index is 1080. The van der Waals surface area contributed by atoms with Gasteiger partial charge in [-0.05, 0) is 40.8 Å². The molecule has 0 aliphatic carbocycles. The van der Waals surface area contributed by atoms with Crippen molar-refractivity contribution in [3.8, 4) is 28.0 Å². The molecule has 7 heteroatoms. The number of rotatable bonds is 6. The van der Waals surface area contributed by atoms with E-state index in [1.165, 1.54) is 0 Å². The molecule has 0 spiro atoms. The lowest BCUT2D eigenvalue weighted by Crippen LogP contribution is -2.21. The number of hydrogen-bond acceptors (Lipinski definition) is 5. The molecular formula is C21H23N3O3S. The van der Waals surface area contributed by atoms with Crippen LogP contribution in [-0.4, -0.2) is 24.8 Å². The Kier molecular flexibility index (Phi) is 5.67. The first-order chi connectivity index (χ1) is 13.3. The van der Waals surface area contributed by atoms with Crippen molar-refractivity contribution in [2.24, 2.45) is 0 Å². The van der Waals surface area contributed by atoms with Gasteiger partial charge in [-0.25, -0.2) is 18.1 Å². The molecule has 0 atom stereocenters. The number of nitrogens with two attached hydrogens (primary N) is 1. The third-order valence-electron chi connectivity index (χ3n) is 4.53. The molecule has 3 rings (SSSR count). The number of benzene rings is 2. The Morgan fingerprint density at radius 3 is 2.21 bits per heavy atom. The standard InChI is InChI=1S/C21H23N3O3S/c1-3-18-19(15-6-4-14(5-7-15)12-24-28(2,26)27)13-23-21(22)20(18)16-8-10-17(25)11-9-16/h4-11,13,24-25H,3,12H2,1-2H3,(H2,22,23). The summed E-state index contributed by atoms with van der Waals surface area (Å²) in [7, 11) is -3.23. The molecule has 0 aliphatic heterocycles. The van der Waals surface area contributed by atoms with Gasteiger partial charge in [0.2, 0.25) is 10.0 Å². The van der Waals surface area contributed by atoms with Crippen LogP contribution in [0.15, 0.2) is 54.7 Å². The van der Waals surface area contributed by atoms with Crippen molar-refractivity contribution in [1.29, 1.82) is 0 Å². The number of hydrogen-bond donors (Lipinski definition) is 3. The van der Waals surface area contributed by atoms with Gasteiger partial charge in [-0.2, -0.15) is 0 Å². The smallest absolute Gasteiger partial charge is 0.209 e. The second-order valence-corrected chi connectivity index (χ2v) is 8.43. The molecule has 0 unspecified atom stereocenters. The average molecular weight is 398 g/mol. The molecule has 0 saturated carbocycles. The number of aromatic nitrogens is 1. The zero-order valence-corrected chi connectivity index (χ0v) is 16.6. The largest absolute Gasteiger partial charge is 0.508 e. The van der Waals surface area contributed by atoms with Crippen LogP contribution in [0.25, 0.3) is 22.3 Å². The van der Waals surface area contributed by atoms with Crippen LogP contribution in [0.4, 0.5) is 5.82 Å². The third kappa shape index (κ3) is 4.49. The summed E-state index contributed by atoms with van der Waals surface area (Å²) in [5.41, 5.74) is 11.8. The lowest BCUT2D eigenvalue weighted by Gasteiger charge is -2.16. The summed E-state index contributed by atoms with van der Waals surface area (Å²) >= 11 is 0. The van der Waals surface area contributed by atoms with E-state index in [0.717, 1.165) is 46.1 Å². The molecule has 0 fully saturated rings. The van der Waals surface area contributed by atoms with E-state index in [1.807, 2.05) is 36.4 Å². The van der Waals surface area contributed by atoms with Crippen LogP contribution >= 0.6 is 0 Å². The normalized spacial score (nSPS) is 11.5. The zero-order valence-electron chi connectivity index (χ0n) is 15.8. The van der Waals surface area contributed by atoms with E-state index in [4.69, 9.17) is 5.73 Å². The highest BCUT2D eigenvalue weighted by atomic mass is 32.2. The molecule has 2 aromatic carbocycles. The van der Waals surface area contributed by atoms with E-state index in [2.05, 4.69) is 16.6 Å². The molecule has 0 aliphatic rings. The minimum Gasteiger partial charge on any atom is -0.508 e. The summed E-state index contributed by atoms with van der Waals surface area (Å²) in [5.74, 6) is 0.642. The molecule has 1 aromatic heterocycles. The molecule has 0 amide bonds. The molecule has 3 aromatic rings. The van der Waals surface area contributed by atoms with Crippen molar-refractivity contribution < 1.29 is 13.5 Å². The summed E-state index contributed by atoms with van der Waals surface area (Å²) in [5, 5.41) is 9.56. The predicted octanol–water partition coefficient (Wildman–Crippen LogP) is 3.32. The van der Waals surface area contributed by atoms with Crippen molar-refractivity contribution in [1.82, 2.24) is 9.71 Å². The maximum absolute atomic E-state index is 11.3. The van der Waals surface area contributed by atoms with E-state index in [-0.39, 0.29) is 12.3 Å². The summed E-state index contributed by atoms with van der Waals surface area (Å²) in [4.78, 5) is 4.38. The summed E-state index contributed by atoms with van der Waals surface area (Å²) in [6.45, 7) is 2.31. The summed E-state index contributed by atoms with van der Waals surface area (Å²) in [6, 6.07) is 14.6. The van der Waals surface area contributed by atoms with Crippen molar-refractivity contribution in [2.75, 3.05) is 12.0 Å². The third-order valence-corrected chi connectivity index (χ3v) is 5.20. The van der Waals surface area contributed by atoms with E-state index in [1.54, 1.807) is 18.3 Å². The van der Waals surface area contributed by atoms with Crippen molar-refractivity contribution in [3.63, 3.8) is 0 Å². The number of nitrogens with zero attached hydrogens (tertiary/aromatic N) is 1. The van der Waals surface area contributed by atoms with Gasteiger partial charge in [-0.1, -0.05) is 43.3 Å². The van der Waals surface area contributed by atoms with Gasteiger partial charge in [-0.3, -0.25) is 0 Å². The first kappa shape index (κ1) is 19.9. The highest BCUT2D eigenvalue weighted by Gasteiger charge is 2.15. The molecule has 1 heterocycles. The minimum atomic E-state index is -3.23. The van der Waals surface area contributed by atoms with Crippen LogP contribution in [0.3, 0.4) is 0 Å². The molecule has 6 nitrogen and oxygen atoms in total. The van der Waals surface area contributed by atoms with Gasteiger partial charge < -0.3 is 10.8 Å². The van der Waals surface area contributed by atoms with E-state index < -0.39 is 10.0 Å². The SMILES string of the molecule is CCc1c(-c2ccc(CNS(C)(=O)=O)cc2)cnc(N)c1-c1ccc(O)cc1. The highest BCUT2D eigenvalue weighted by molar-refractivity contribution is 7.88. The molecule has 28 heavy (non-hydrogen) atoms. The average Bonchev–Trinajstić information content (AvgIpc) is 2.67. The van der Waals surface area contributed by atoms with Gasteiger partial charge in [0.25, 0.3) is 0 Å². The summed E-state index contributed by atoms with van der Waals surface area (Å²) < 4.78 is 25.0. The van der Waals surface area contributed by atoms with E-state index in [9.17, 15) is 13.5 Å². The quantitative estimate of drug-likeness (QED) is 0.592. The fourth-order valence-corrected chi connectivity index (χ4v) is 3.58. The van der Waals surface area contributed by atoms with Gasteiger partial charge >= 0.3 is 0 Å². The van der Waals surface area contributed by atoms with Gasteiger partial charge in [0.05, 0.1) is 6.26 Å². The molecule has 0 radical (unpaired) electrons. The number of anilines is 1. The van der Waals surface area contributed by atoms with Crippen LogP contribution in [0.1, 0.15) is 18.1 Å². The minimum absolute atomic E-state index is 0.197.